The number of imidazole rings is 1. The van der Waals surface area contributed by atoms with Crippen molar-refractivity contribution >= 4 is 33.3 Å². The Balaban J connectivity index is 1.52. The number of H-pyrrole nitrogens is 2. The first-order valence-electron chi connectivity index (χ1n) is 9.95. The molecule has 0 saturated carbocycles. The fraction of sp³-hybridized carbons (Fsp3) is 0.130. The number of rotatable bonds is 3. The monoisotopic (exact) mass is 425 g/mol. The third-order valence-corrected chi connectivity index (χ3v) is 6.78. The van der Waals surface area contributed by atoms with Crippen molar-refractivity contribution in [3.63, 3.8) is 0 Å². The van der Waals surface area contributed by atoms with Crippen molar-refractivity contribution in [1.29, 1.82) is 0 Å². The summed E-state index contributed by atoms with van der Waals surface area (Å²) in [5, 5.41) is 9.69. The highest BCUT2D eigenvalue weighted by atomic mass is 32.1. The van der Waals surface area contributed by atoms with Crippen LogP contribution in [0.1, 0.15) is 10.7 Å². The maximum absolute atomic E-state index is 4.57. The van der Waals surface area contributed by atoms with E-state index in [1.807, 2.05) is 38.8 Å². The number of hydrogen-bond acceptors (Lipinski definition) is 5. The van der Waals surface area contributed by atoms with E-state index < -0.39 is 0 Å². The molecule has 31 heavy (non-hydrogen) atoms. The van der Waals surface area contributed by atoms with Crippen LogP contribution in [-0.2, 0) is 7.05 Å². The number of fused-ring (bicyclic) bond motifs is 2. The van der Waals surface area contributed by atoms with Gasteiger partial charge in [-0.3, -0.25) is 10.1 Å². The summed E-state index contributed by atoms with van der Waals surface area (Å²) in [6, 6.07) is 8.57. The van der Waals surface area contributed by atoms with Crippen molar-refractivity contribution in [2.24, 2.45) is 7.05 Å². The molecular formula is C23H19N7S. The van der Waals surface area contributed by atoms with E-state index in [0.717, 1.165) is 50.3 Å². The van der Waals surface area contributed by atoms with Crippen LogP contribution in [0, 0.1) is 13.8 Å². The van der Waals surface area contributed by atoms with Crippen molar-refractivity contribution in [2.45, 2.75) is 13.8 Å². The van der Waals surface area contributed by atoms with Gasteiger partial charge in [0.1, 0.15) is 5.82 Å². The molecule has 0 aliphatic carbocycles. The molecule has 0 aliphatic heterocycles. The molecule has 0 radical (unpaired) electrons. The highest BCUT2D eigenvalue weighted by molar-refractivity contribution is 7.15. The number of thiophene rings is 1. The largest absolute Gasteiger partial charge is 0.352 e. The molecule has 0 unspecified atom stereocenters. The Labute approximate surface area is 181 Å². The van der Waals surface area contributed by atoms with Gasteiger partial charge in [0.2, 0.25) is 0 Å². The molecule has 0 aliphatic rings. The predicted molar refractivity (Wildman–Crippen MR) is 124 cm³/mol. The average Bonchev–Trinajstić information content (AvgIpc) is 3.54. The zero-order chi connectivity index (χ0) is 21.1. The molecule has 6 aromatic heterocycles. The lowest BCUT2D eigenvalue weighted by atomic mass is 10.1. The lowest BCUT2D eigenvalue weighted by molar-refractivity contribution is 0.865. The Kier molecular flexibility index (Phi) is 3.85. The van der Waals surface area contributed by atoms with Gasteiger partial charge in [0, 0.05) is 51.1 Å². The van der Waals surface area contributed by atoms with Crippen LogP contribution < -0.4 is 0 Å². The summed E-state index contributed by atoms with van der Waals surface area (Å²) < 4.78 is 2.06. The van der Waals surface area contributed by atoms with Gasteiger partial charge in [0.05, 0.1) is 35.0 Å². The number of nitrogens with one attached hydrogen (secondary N) is 2. The van der Waals surface area contributed by atoms with Gasteiger partial charge in [-0.2, -0.15) is 5.10 Å². The number of aryl methyl sites for hydroxylation is 2. The molecule has 0 bridgehead atoms. The molecule has 2 N–H and O–H groups in total. The van der Waals surface area contributed by atoms with Crippen LogP contribution in [0.2, 0.25) is 0 Å². The predicted octanol–water partition coefficient (Wildman–Crippen LogP) is 5.25. The van der Waals surface area contributed by atoms with Gasteiger partial charge < -0.3 is 9.55 Å². The van der Waals surface area contributed by atoms with Gasteiger partial charge in [-0.05, 0) is 38.1 Å². The summed E-state index contributed by atoms with van der Waals surface area (Å²) >= 11 is 1.78. The lowest BCUT2D eigenvalue weighted by Gasteiger charge is -2.04. The average molecular weight is 426 g/mol. The molecule has 0 aromatic carbocycles. The standard InChI is InChI=1S/C23H19N7S/c1-12-4-5-21(31-12)17-9-24-10-19-15(17)7-18(27-19)22-16-6-14(8-26-23(16)29-28-22)20-11-25-13(2)30(20)3/h4-11,27H,1-3H3,(H,26,28,29). The van der Waals surface area contributed by atoms with Crippen LogP contribution in [0.3, 0.4) is 0 Å². The van der Waals surface area contributed by atoms with E-state index in [4.69, 9.17) is 0 Å². The molecule has 8 heteroatoms. The summed E-state index contributed by atoms with van der Waals surface area (Å²) in [5.74, 6) is 0.960. The van der Waals surface area contributed by atoms with Crippen molar-refractivity contribution in [1.82, 2.24) is 34.7 Å². The third-order valence-electron chi connectivity index (χ3n) is 5.75. The van der Waals surface area contributed by atoms with E-state index in [1.54, 1.807) is 11.3 Å². The van der Waals surface area contributed by atoms with Gasteiger partial charge in [0.25, 0.3) is 0 Å². The van der Waals surface area contributed by atoms with Crippen molar-refractivity contribution < 1.29 is 0 Å². The van der Waals surface area contributed by atoms with Crippen LogP contribution in [0.25, 0.3) is 55.0 Å². The molecule has 0 amide bonds. The second-order valence-corrected chi connectivity index (χ2v) is 8.97. The van der Waals surface area contributed by atoms with Crippen LogP contribution in [0.4, 0.5) is 0 Å². The SMILES string of the molecule is Cc1ccc(-c2cncc3[nH]c(-c4[nH]nc5ncc(-c6cnc(C)n6C)cc45)cc23)s1. The molecule has 7 nitrogen and oxygen atoms in total. The second-order valence-electron chi connectivity index (χ2n) is 7.69. The molecule has 0 fully saturated rings. The minimum Gasteiger partial charge on any atom is -0.352 e. The molecule has 6 heterocycles. The van der Waals surface area contributed by atoms with Crippen LogP contribution >= 0.6 is 11.3 Å². The molecule has 6 rings (SSSR count). The number of aromatic nitrogens is 7. The summed E-state index contributed by atoms with van der Waals surface area (Å²) in [5.41, 5.74) is 6.70. The Bertz CT molecular complexity index is 1580. The summed E-state index contributed by atoms with van der Waals surface area (Å²) in [6.07, 6.45) is 7.52. The first kappa shape index (κ1) is 18.0. The lowest BCUT2D eigenvalue weighted by Crippen LogP contribution is -1.94. The van der Waals surface area contributed by atoms with Gasteiger partial charge >= 0.3 is 0 Å². The quantitative estimate of drug-likeness (QED) is 0.405. The molecule has 0 saturated heterocycles. The first-order chi connectivity index (χ1) is 15.1. The Morgan fingerprint density at radius 3 is 2.65 bits per heavy atom. The normalized spacial score (nSPS) is 11.7. The highest BCUT2D eigenvalue weighted by Crippen LogP contribution is 2.36. The number of nitrogens with zero attached hydrogens (tertiary/aromatic N) is 5. The van der Waals surface area contributed by atoms with E-state index in [1.165, 1.54) is 9.75 Å². The van der Waals surface area contributed by atoms with Crippen LogP contribution in [0.5, 0.6) is 0 Å². The third kappa shape index (κ3) is 2.79. The highest BCUT2D eigenvalue weighted by Gasteiger charge is 2.16. The Morgan fingerprint density at radius 1 is 0.968 bits per heavy atom. The summed E-state index contributed by atoms with van der Waals surface area (Å²) in [6.45, 7) is 4.11. The topological polar surface area (TPSA) is 88.1 Å². The van der Waals surface area contributed by atoms with Crippen molar-refractivity contribution in [2.75, 3.05) is 0 Å². The summed E-state index contributed by atoms with van der Waals surface area (Å²) in [7, 11) is 2.01. The minimum atomic E-state index is 0.684. The smallest absolute Gasteiger partial charge is 0.181 e. The van der Waals surface area contributed by atoms with Gasteiger partial charge in [-0.15, -0.1) is 11.3 Å². The van der Waals surface area contributed by atoms with Crippen molar-refractivity contribution in [3.8, 4) is 33.1 Å². The number of hydrogen-bond donors (Lipinski definition) is 2. The number of aromatic amines is 2. The zero-order valence-corrected chi connectivity index (χ0v) is 18.1. The Morgan fingerprint density at radius 2 is 1.87 bits per heavy atom. The fourth-order valence-corrected chi connectivity index (χ4v) is 4.87. The zero-order valence-electron chi connectivity index (χ0n) is 17.3. The molecule has 6 aromatic rings. The minimum absolute atomic E-state index is 0.684. The maximum Gasteiger partial charge on any atom is 0.181 e. The number of pyridine rings is 2. The second kappa shape index (κ2) is 6.61. The first-order valence-corrected chi connectivity index (χ1v) is 10.8. The molecule has 0 atom stereocenters. The van der Waals surface area contributed by atoms with E-state index in [2.05, 4.69) is 65.9 Å². The van der Waals surface area contributed by atoms with Crippen LogP contribution in [-0.4, -0.2) is 34.7 Å². The summed E-state index contributed by atoms with van der Waals surface area (Å²) in [4.78, 5) is 19.4. The van der Waals surface area contributed by atoms with E-state index in [0.29, 0.717) is 5.65 Å². The molecular weight excluding hydrogens is 406 g/mol. The van der Waals surface area contributed by atoms with E-state index in [9.17, 15) is 0 Å². The molecule has 152 valence electrons. The maximum atomic E-state index is 4.57. The fourth-order valence-electron chi connectivity index (χ4n) is 3.98. The Hall–Kier alpha value is -3.78. The van der Waals surface area contributed by atoms with Crippen molar-refractivity contribution in [3.05, 3.63) is 59.8 Å². The van der Waals surface area contributed by atoms with E-state index in [-0.39, 0.29) is 0 Å². The van der Waals surface area contributed by atoms with Gasteiger partial charge in [0.15, 0.2) is 5.65 Å². The molecule has 0 spiro atoms. The van der Waals surface area contributed by atoms with Crippen LogP contribution in [0.15, 0.2) is 49.1 Å². The van der Waals surface area contributed by atoms with Gasteiger partial charge in [-0.25, -0.2) is 9.97 Å². The van der Waals surface area contributed by atoms with Gasteiger partial charge in [-0.1, -0.05) is 0 Å². The van der Waals surface area contributed by atoms with E-state index >= 15 is 0 Å².